The van der Waals surface area contributed by atoms with E-state index in [2.05, 4.69) is 5.32 Å². The number of methoxy groups -OCH3 is 1. The van der Waals surface area contributed by atoms with Crippen LogP contribution in [0.5, 0.6) is 0 Å². The lowest BCUT2D eigenvalue weighted by Crippen LogP contribution is -2.43. The van der Waals surface area contributed by atoms with E-state index in [4.69, 9.17) is 4.74 Å². The van der Waals surface area contributed by atoms with Gasteiger partial charge < -0.3 is 15.0 Å². The Balaban J connectivity index is 2.88. The van der Waals surface area contributed by atoms with Gasteiger partial charge in [0.1, 0.15) is 0 Å². The summed E-state index contributed by atoms with van der Waals surface area (Å²) in [5.41, 5.74) is 0.704. The van der Waals surface area contributed by atoms with E-state index < -0.39 is 12.0 Å². The van der Waals surface area contributed by atoms with E-state index >= 15 is 0 Å². The molecule has 0 saturated heterocycles. The minimum Gasteiger partial charge on any atom is -0.467 e. The Morgan fingerprint density at radius 2 is 1.79 bits per heavy atom. The lowest BCUT2D eigenvalue weighted by molar-refractivity contribution is -0.143. The fraction of sp³-hybridized carbons (Fsp3) is 0.429. The summed E-state index contributed by atoms with van der Waals surface area (Å²) in [6, 6.07) is 7.99. The third-order valence-electron chi connectivity index (χ3n) is 2.89. The predicted octanol–water partition coefficient (Wildman–Crippen LogP) is 1.95. The van der Waals surface area contributed by atoms with Crippen molar-refractivity contribution in [2.24, 2.45) is 0 Å². The molecule has 0 bridgehead atoms. The minimum atomic E-state index is -0.778. The van der Waals surface area contributed by atoms with Crippen LogP contribution < -0.4 is 5.32 Å². The Labute approximate surface area is 113 Å². The van der Waals surface area contributed by atoms with Crippen molar-refractivity contribution in [1.82, 2.24) is 10.2 Å². The molecule has 1 unspecified atom stereocenters. The molecular weight excluding hydrogens is 244 g/mol. The zero-order chi connectivity index (χ0) is 14.3. The van der Waals surface area contributed by atoms with Crippen molar-refractivity contribution in [2.75, 3.05) is 20.2 Å². The molecule has 2 amide bonds. The Hall–Kier alpha value is -2.04. The van der Waals surface area contributed by atoms with Crippen molar-refractivity contribution in [3.8, 4) is 0 Å². The van der Waals surface area contributed by atoms with Gasteiger partial charge in [-0.1, -0.05) is 30.3 Å². The van der Waals surface area contributed by atoms with Crippen molar-refractivity contribution >= 4 is 12.0 Å². The molecule has 1 aromatic carbocycles. The van der Waals surface area contributed by atoms with E-state index in [1.165, 1.54) is 7.11 Å². The molecule has 0 saturated carbocycles. The van der Waals surface area contributed by atoms with E-state index in [-0.39, 0.29) is 6.03 Å². The number of amides is 2. The second-order valence-electron chi connectivity index (χ2n) is 3.99. The number of nitrogens with one attached hydrogen (secondary N) is 1. The van der Waals surface area contributed by atoms with Crippen molar-refractivity contribution in [3.63, 3.8) is 0 Å². The van der Waals surface area contributed by atoms with Crippen molar-refractivity contribution in [3.05, 3.63) is 35.9 Å². The smallest absolute Gasteiger partial charge is 0.333 e. The van der Waals surface area contributed by atoms with Crippen LogP contribution in [0, 0.1) is 0 Å². The number of benzene rings is 1. The number of ether oxygens (including phenoxy) is 1. The van der Waals surface area contributed by atoms with E-state index in [0.717, 1.165) is 0 Å². The zero-order valence-corrected chi connectivity index (χ0v) is 11.6. The molecule has 5 heteroatoms. The molecule has 19 heavy (non-hydrogen) atoms. The molecule has 0 radical (unpaired) electrons. The first-order chi connectivity index (χ1) is 9.13. The van der Waals surface area contributed by atoms with Crippen LogP contribution in [-0.4, -0.2) is 37.1 Å². The monoisotopic (exact) mass is 264 g/mol. The number of rotatable bonds is 5. The molecule has 0 fully saturated rings. The molecule has 5 nitrogen and oxygen atoms in total. The van der Waals surface area contributed by atoms with Gasteiger partial charge in [-0.3, -0.25) is 0 Å². The Kier molecular flexibility index (Phi) is 5.85. The molecule has 1 aromatic rings. The van der Waals surface area contributed by atoms with Crippen LogP contribution in [0.4, 0.5) is 4.79 Å². The molecule has 0 heterocycles. The average Bonchev–Trinajstić information content (AvgIpc) is 2.46. The van der Waals surface area contributed by atoms with Gasteiger partial charge in [0.25, 0.3) is 0 Å². The molecular formula is C14H20N2O3. The van der Waals surface area contributed by atoms with Crippen LogP contribution in [0.15, 0.2) is 30.3 Å². The lowest BCUT2D eigenvalue weighted by Gasteiger charge is -2.23. The molecule has 1 rings (SSSR count). The van der Waals surface area contributed by atoms with Crippen LogP contribution >= 0.6 is 0 Å². The van der Waals surface area contributed by atoms with Gasteiger partial charge in [-0.05, 0) is 19.4 Å². The Morgan fingerprint density at radius 1 is 1.21 bits per heavy atom. The fourth-order valence-corrected chi connectivity index (χ4v) is 1.77. The zero-order valence-electron chi connectivity index (χ0n) is 11.6. The number of hydrogen-bond acceptors (Lipinski definition) is 3. The quantitative estimate of drug-likeness (QED) is 0.827. The Morgan fingerprint density at radius 3 is 2.26 bits per heavy atom. The topological polar surface area (TPSA) is 58.6 Å². The highest BCUT2D eigenvalue weighted by atomic mass is 16.5. The molecule has 0 aliphatic heterocycles. The van der Waals surface area contributed by atoms with Gasteiger partial charge in [-0.2, -0.15) is 0 Å². The van der Waals surface area contributed by atoms with E-state index in [1.54, 1.807) is 17.0 Å². The molecule has 1 atom stereocenters. The summed E-state index contributed by atoms with van der Waals surface area (Å²) < 4.78 is 4.74. The summed E-state index contributed by atoms with van der Waals surface area (Å²) in [6.45, 7) is 4.95. The Bertz CT molecular complexity index is 416. The molecule has 0 aromatic heterocycles. The summed E-state index contributed by atoms with van der Waals surface area (Å²) in [4.78, 5) is 25.4. The summed E-state index contributed by atoms with van der Waals surface area (Å²) in [5, 5.41) is 2.70. The summed E-state index contributed by atoms with van der Waals surface area (Å²) in [6.07, 6.45) is 0. The van der Waals surface area contributed by atoms with Gasteiger partial charge in [0.15, 0.2) is 6.04 Å². The van der Waals surface area contributed by atoms with Crippen molar-refractivity contribution in [1.29, 1.82) is 0 Å². The number of nitrogens with zero attached hydrogens (tertiary/aromatic N) is 1. The first-order valence-electron chi connectivity index (χ1n) is 6.32. The number of esters is 1. The van der Waals surface area contributed by atoms with E-state index in [0.29, 0.717) is 18.7 Å². The SMILES string of the molecule is CCN(CC)C(=O)NC(C(=O)OC)c1ccccc1. The van der Waals surface area contributed by atoms with Crippen LogP contribution in [0.2, 0.25) is 0 Å². The highest BCUT2D eigenvalue weighted by molar-refractivity contribution is 5.84. The number of carbonyl (C=O) groups is 2. The maximum Gasteiger partial charge on any atom is 0.333 e. The van der Waals surface area contributed by atoms with E-state index in [1.807, 2.05) is 32.0 Å². The maximum absolute atomic E-state index is 12.0. The third-order valence-corrected chi connectivity index (χ3v) is 2.89. The number of hydrogen-bond donors (Lipinski definition) is 1. The predicted molar refractivity (Wildman–Crippen MR) is 72.7 cm³/mol. The van der Waals surface area contributed by atoms with Crippen LogP contribution in [0.3, 0.4) is 0 Å². The van der Waals surface area contributed by atoms with Gasteiger partial charge in [0.2, 0.25) is 0 Å². The van der Waals surface area contributed by atoms with Crippen LogP contribution in [0.25, 0.3) is 0 Å². The number of carbonyl (C=O) groups excluding carboxylic acids is 2. The summed E-state index contributed by atoms with van der Waals surface area (Å²) >= 11 is 0. The van der Waals surface area contributed by atoms with Gasteiger partial charge >= 0.3 is 12.0 Å². The second-order valence-corrected chi connectivity index (χ2v) is 3.99. The molecule has 104 valence electrons. The normalized spacial score (nSPS) is 11.5. The van der Waals surface area contributed by atoms with Crippen LogP contribution in [0.1, 0.15) is 25.5 Å². The first-order valence-corrected chi connectivity index (χ1v) is 6.32. The highest BCUT2D eigenvalue weighted by Crippen LogP contribution is 2.14. The van der Waals surface area contributed by atoms with Crippen molar-refractivity contribution in [2.45, 2.75) is 19.9 Å². The molecule has 0 spiro atoms. The maximum atomic E-state index is 12.0. The average molecular weight is 264 g/mol. The van der Waals surface area contributed by atoms with Gasteiger partial charge in [0.05, 0.1) is 7.11 Å². The van der Waals surface area contributed by atoms with E-state index in [9.17, 15) is 9.59 Å². The summed E-state index contributed by atoms with van der Waals surface area (Å²) in [7, 11) is 1.31. The molecule has 0 aliphatic rings. The first kappa shape index (κ1) is 15.0. The fourth-order valence-electron chi connectivity index (χ4n) is 1.77. The highest BCUT2D eigenvalue weighted by Gasteiger charge is 2.24. The standard InChI is InChI=1S/C14H20N2O3/c1-4-16(5-2)14(18)15-12(13(17)19-3)11-9-7-6-8-10-11/h6-10,12H,4-5H2,1-3H3,(H,15,18). The van der Waals surface area contributed by atoms with Gasteiger partial charge in [-0.25, -0.2) is 9.59 Å². The molecule has 0 aliphatic carbocycles. The largest absolute Gasteiger partial charge is 0.467 e. The third kappa shape index (κ3) is 3.98. The second kappa shape index (κ2) is 7.41. The number of urea groups is 1. The summed E-state index contributed by atoms with van der Waals surface area (Å²) in [5.74, 6) is -0.480. The molecule has 1 N–H and O–H groups in total. The minimum absolute atomic E-state index is 0.274. The van der Waals surface area contributed by atoms with Gasteiger partial charge in [-0.15, -0.1) is 0 Å². The van der Waals surface area contributed by atoms with Crippen molar-refractivity contribution < 1.29 is 14.3 Å². The van der Waals surface area contributed by atoms with Gasteiger partial charge in [0, 0.05) is 13.1 Å². The van der Waals surface area contributed by atoms with Crippen LogP contribution in [-0.2, 0) is 9.53 Å². The lowest BCUT2D eigenvalue weighted by atomic mass is 10.1.